The maximum Gasteiger partial charge on any atom is 2.00 e. The number of hydrogen-bond acceptors (Lipinski definition) is 12. The molecule has 0 atom stereocenters. The van der Waals surface area contributed by atoms with E-state index in [1.54, 1.807) is 12.4 Å². The van der Waals surface area contributed by atoms with Gasteiger partial charge >= 0.3 is 19.5 Å². The first-order valence-corrected chi connectivity index (χ1v) is 40.2. The summed E-state index contributed by atoms with van der Waals surface area (Å²) in [6.45, 7) is 27.0. The molecular weight excluding hydrogens is 1460 g/mol. The molecule has 6 aromatic carbocycles. The van der Waals surface area contributed by atoms with Gasteiger partial charge in [0.25, 0.3) is 0 Å². The number of rotatable bonds is 40. The molecule has 570 valence electrons. The zero-order valence-corrected chi connectivity index (χ0v) is 69.1. The fraction of sp³-hybridized carbons (Fsp3) is 0.340. The van der Waals surface area contributed by atoms with E-state index in [-0.39, 0.29) is 19.5 Å². The first-order chi connectivity index (χ1) is 53.1. The summed E-state index contributed by atoms with van der Waals surface area (Å²) in [5, 5.41) is 16.9. The van der Waals surface area contributed by atoms with Crippen molar-refractivity contribution in [2.75, 3.05) is 81.8 Å². The zero-order chi connectivity index (χ0) is 76.8. The van der Waals surface area contributed by atoms with E-state index in [4.69, 9.17) is 20.8 Å². The smallest absolute Gasteiger partial charge is 0.753 e. The first-order valence-electron chi connectivity index (χ1n) is 39.4. The van der Waals surface area contributed by atoms with Gasteiger partial charge in [-0.1, -0.05) is 192 Å². The van der Waals surface area contributed by atoms with Crippen molar-refractivity contribution in [3.8, 4) is 22.8 Å². The van der Waals surface area contributed by atoms with Gasteiger partial charge in [0.15, 0.2) is 0 Å². The van der Waals surface area contributed by atoms with Crippen LogP contribution in [-0.2, 0) is 19.5 Å². The molecule has 15 heteroatoms. The average Bonchev–Trinajstić information content (AvgIpc) is 0.804. The van der Waals surface area contributed by atoms with Crippen LogP contribution in [0.15, 0.2) is 231 Å². The number of nitrogens with zero attached hydrogens (tertiary/aromatic N) is 12. The fourth-order valence-electron chi connectivity index (χ4n) is 12.7. The van der Waals surface area contributed by atoms with E-state index in [9.17, 15) is 0 Å². The summed E-state index contributed by atoms with van der Waals surface area (Å²) in [6.07, 6.45) is 35.2. The van der Waals surface area contributed by atoms with Gasteiger partial charge in [0.05, 0.1) is 22.8 Å². The molecule has 0 fully saturated rings. The molecule has 4 heterocycles. The quantitative estimate of drug-likeness (QED) is 0.0207. The van der Waals surface area contributed by atoms with Gasteiger partial charge in [0.1, 0.15) is 0 Å². The van der Waals surface area contributed by atoms with Gasteiger partial charge in [-0.15, -0.1) is 0 Å². The Balaban J connectivity index is 0.000000859. The minimum atomic E-state index is 0. The number of isothiocyanates is 2. The summed E-state index contributed by atoms with van der Waals surface area (Å²) in [5.74, 6) is 0. The number of hydrogen-bond donors (Lipinski definition) is 0. The van der Waals surface area contributed by atoms with Crippen molar-refractivity contribution in [2.45, 2.75) is 158 Å². The molecular formula is C94H114N12RuS2. The normalized spacial score (nSPS) is 10.6. The van der Waals surface area contributed by atoms with Crippen LogP contribution in [0.3, 0.4) is 0 Å². The average molecular weight is 1580 g/mol. The van der Waals surface area contributed by atoms with E-state index < -0.39 is 0 Å². The van der Waals surface area contributed by atoms with Crippen molar-refractivity contribution in [3.63, 3.8) is 0 Å². The Labute approximate surface area is 677 Å². The zero-order valence-electron chi connectivity index (χ0n) is 65.8. The SMILES string of the molecule is CCCCN(CCCC)c1ccc(N(c2ccc(/C=C/c3ccnc(-c4cc(/C=C/c5ccc(N(c6ccc(N(CCCC)CCCC)cc6)c6ccc(N(CCCC)CCCC)cc6)cc5)ccn4)c3)cc2)c2ccc(N(CCCC)CCCC)cc2)cc1.[N-]=C=S.[N-]=C=S.[Ru+2].c1ccc(-c2ccccn2)nc1. The maximum atomic E-state index is 7.13. The number of pyridine rings is 4. The molecule has 0 aliphatic heterocycles. The van der Waals surface area contributed by atoms with Crippen molar-refractivity contribution >= 4 is 116 Å². The molecule has 0 amide bonds. The second-order valence-electron chi connectivity index (χ2n) is 26.9. The number of thiocarbonyl (C=S) groups is 2. The summed E-state index contributed by atoms with van der Waals surface area (Å²) < 4.78 is 0. The molecule has 0 aliphatic carbocycles. The largest absolute Gasteiger partial charge is 2.00 e. The van der Waals surface area contributed by atoms with Crippen LogP contribution in [0.1, 0.15) is 180 Å². The predicted octanol–water partition coefficient (Wildman–Crippen LogP) is 26.5. The van der Waals surface area contributed by atoms with E-state index in [1.165, 1.54) is 136 Å². The number of anilines is 10. The van der Waals surface area contributed by atoms with Crippen molar-refractivity contribution in [1.29, 1.82) is 0 Å². The molecule has 0 saturated heterocycles. The summed E-state index contributed by atoms with van der Waals surface area (Å²) >= 11 is 7.40. The Bertz CT molecular complexity index is 3790. The molecule has 0 bridgehead atoms. The minimum Gasteiger partial charge on any atom is -0.753 e. The third kappa shape index (κ3) is 29.4. The molecule has 10 aromatic rings. The van der Waals surface area contributed by atoms with E-state index in [1.807, 2.05) is 48.8 Å². The summed E-state index contributed by atoms with van der Waals surface area (Å²) in [7, 11) is 0. The molecule has 0 aliphatic rings. The fourth-order valence-corrected chi connectivity index (χ4v) is 12.7. The molecule has 10 rings (SSSR count). The Morgan fingerprint density at radius 1 is 0.266 bits per heavy atom. The second kappa shape index (κ2) is 51.7. The van der Waals surface area contributed by atoms with Gasteiger partial charge in [-0.05, 0) is 243 Å². The van der Waals surface area contributed by atoms with E-state index in [2.05, 4.69) is 313 Å². The minimum absolute atomic E-state index is 0. The molecule has 0 unspecified atom stereocenters. The van der Waals surface area contributed by atoms with Gasteiger partial charge in [0.2, 0.25) is 0 Å². The molecule has 109 heavy (non-hydrogen) atoms. The summed E-state index contributed by atoms with van der Waals surface area (Å²) in [6, 6.07) is 74.9. The number of benzene rings is 6. The number of unbranched alkanes of at least 4 members (excludes halogenated alkanes) is 8. The Morgan fingerprint density at radius 3 is 0.679 bits per heavy atom. The maximum absolute atomic E-state index is 7.13. The van der Waals surface area contributed by atoms with Crippen molar-refractivity contribution < 1.29 is 19.5 Å². The van der Waals surface area contributed by atoms with Crippen LogP contribution in [0.25, 0.3) is 57.9 Å². The monoisotopic (exact) mass is 1580 g/mol. The van der Waals surface area contributed by atoms with E-state index in [0.717, 1.165) is 132 Å². The molecule has 4 aromatic heterocycles. The van der Waals surface area contributed by atoms with Crippen LogP contribution >= 0.6 is 24.4 Å². The first kappa shape index (κ1) is 88.3. The Morgan fingerprint density at radius 2 is 0.468 bits per heavy atom. The van der Waals surface area contributed by atoms with Crippen molar-refractivity contribution in [1.82, 2.24) is 19.9 Å². The van der Waals surface area contributed by atoms with Gasteiger partial charge < -0.3 is 40.2 Å². The van der Waals surface area contributed by atoms with Crippen LogP contribution < -0.4 is 29.4 Å². The molecule has 12 nitrogen and oxygen atoms in total. The molecule has 0 N–H and O–H groups in total. The van der Waals surface area contributed by atoms with Crippen molar-refractivity contribution in [3.05, 3.63) is 264 Å². The Kier molecular flexibility index (Phi) is 41.9. The topological polar surface area (TPSA) is 116 Å². The third-order valence-corrected chi connectivity index (χ3v) is 18.8. The van der Waals surface area contributed by atoms with Gasteiger partial charge in [-0.3, -0.25) is 19.9 Å². The number of aromatic nitrogens is 4. The van der Waals surface area contributed by atoms with E-state index >= 15 is 0 Å². The predicted molar refractivity (Wildman–Crippen MR) is 475 cm³/mol. The van der Waals surface area contributed by atoms with Crippen LogP contribution in [0.4, 0.5) is 56.9 Å². The van der Waals surface area contributed by atoms with Crippen molar-refractivity contribution in [2.24, 2.45) is 0 Å². The molecule has 0 radical (unpaired) electrons. The molecule has 0 spiro atoms. The van der Waals surface area contributed by atoms with Crippen LogP contribution in [0, 0.1) is 0 Å². The van der Waals surface area contributed by atoms with Crippen LogP contribution in [-0.4, -0.2) is 82.6 Å². The van der Waals surface area contributed by atoms with Crippen LogP contribution in [0.5, 0.6) is 0 Å². The van der Waals surface area contributed by atoms with Gasteiger partial charge in [-0.25, -0.2) is 0 Å². The van der Waals surface area contributed by atoms with Gasteiger partial charge in [-0.2, -0.15) is 10.3 Å². The Hall–Kier alpha value is -9.58. The van der Waals surface area contributed by atoms with Crippen LogP contribution in [0.2, 0.25) is 0 Å². The summed E-state index contributed by atoms with van der Waals surface area (Å²) in [4.78, 5) is 33.0. The third-order valence-electron chi connectivity index (χ3n) is 18.8. The van der Waals surface area contributed by atoms with Gasteiger partial charge in [0, 0.05) is 134 Å². The molecule has 0 saturated carbocycles. The standard InChI is InChI=1S/C82H106N8.C10H8N2.2CNS.Ru/c1-9-17-57-85(58-18-10-2)71-37-45-77(46-38-71)89(78-47-39-72(40-48-78)86(59-19-11-3)60-20-12-4)75-33-29-67(30-34-75)25-27-69-53-55-83-81(65-69)82-66-70(54-56-84-82)28-26-68-31-35-76(36-32-68)90(79-49-41-73(42-50-79)87(61-21-13-5)62-22-14-6)80-51-43-74(44-52-80)88(63-23-15-7)64-24-16-8;1-3-7-11-9(5-1)10-6-2-4-8-12-10;2*2-1-3;/h25-56,65-66H,9-24,57-64H2,1-8H3;1-8H;;;/q;;2*-1;+2/b27-25+,28-26+;;;;. The summed E-state index contributed by atoms with van der Waals surface area (Å²) in [5.41, 5.74) is 19.9. The second-order valence-corrected chi connectivity index (χ2v) is 27.3. The van der Waals surface area contributed by atoms with E-state index in [0.29, 0.717) is 0 Å².